The van der Waals surface area contributed by atoms with Gasteiger partial charge >= 0.3 is 5.97 Å². The number of methoxy groups -OCH3 is 1. The first-order valence-electron chi connectivity index (χ1n) is 11.2. The second-order valence-corrected chi connectivity index (χ2v) is 8.17. The van der Waals surface area contributed by atoms with Gasteiger partial charge in [-0.15, -0.1) is 0 Å². The van der Waals surface area contributed by atoms with Crippen LogP contribution in [0, 0.1) is 0 Å². The molecule has 168 valence electrons. The van der Waals surface area contributed by atoms with Crippen LogP contribution in [0.3, 0.4) is 0 Å². The van der Waals surface area contributed by atoms with Crippen molar-refractivity contribution in [3.05, 3.63) is 89.6 Å². The molecule has 3 aromatic carbocycles. The minimum Gasteiger partial charge on any atom is -0.465 e. The van der Waals surface area contributed by atoms with Crippen molar-refractivity contribution in [1.29, 1.82) is 0 Å². The summed E-state index contributed by atoms with van der Waals surface area (Å²) in [7, 11) is 1.39. The molecule has 1 aromatic heterocycles. The molecule has 6 nitrogen and oxygen atoms in total. The Morgan fingerprint density at radius 3 is 2.79 bits per heavy atom. The van der Waals surface area contributed by atoms with Gasteiger partial charge in [-0.1, -0.05) is 30.3 Å². The summed E-state index contributed by atoms with van der Waals surface area (Å²) >= 11 is 0. The van der Waals surface area contributed by atoms with Crippen LogP contribution in [0.2, 0.25) is 0 Å². The van der Waals surface area contributed by atoms with E-state index in [1.807, 2.05) is 18.3 Å². The van der Waals surface area contributed by atoms with Crippen molar-refractivity contribution in [2.45, 2.75) is 12.6 Å². The number of aromatic amines is 1. The van der Waals surface area contributed by atoms with Crippen LogP contribution in [0.4, 0.5) is 5.69 Å². The molecule has 0 amide bonds. The summed E-state index contributed by atoms with van der Waals surface area (Å²) in [5.41, 5.74) is 7.40. The van der Waals surface area contributed by atoms with Gasteiger partial charge in [0.15, 0.2) is 0 Å². The summed E-state index contributed by atoms with van der Waals surface area (Å²) in [6, 6.07) is 22.6. The van der Waals surface area contributed by atoms with E-state index in [2.05, 4.69) is 58.1 Å². The molecule has 33 heavy (non-hydrogen) atoms. The fourth-order valence-corrected chi connectivity index (χ4v) is 4.36. The number of hydrogen-bond donors (Lipinski definition) is 3. The minimum absolute atomic E-state index is 0.119. The highest BCUT2D eigenvalue weighted by atomic mass is 16.5. The molecule has 0 aliphatic carbocycles. The van der Waals surface area contributed by atoms with Crippen LogP contribution in [-0.4, -0.2) is 37.8 Å². The average Bonchev–Trinajstić information content (AvgIpc) is 3.37. The van der Waals surface area contributed by atoms with Gasteiger partial charge in [0, 0.05) is 35.9 Å². The first kappa shape index (κ1) is 21.2. The largest absolute Gasteiger partial charge is 0.465 e. The number of carbonyl (C=O) groups excluding carboxylic acids is 1. The second-order valence-electron chi connectivity index (χ2n) is 8.17. The van der Waals surface area contributed by atoms with Crippen LogP contribution in [0.1, 0.15) is 27.5 Å². The van der Waals surface area contributed by atoms with E-state index in [0.29, 0.717) is 18.7 Å². The van der Waals surface area contributed by atoms with Crippen LogP contribution < -0.4 is 10.6 Å². The topological polar surface area (TPSA) is 75.4 Å². The van der Waals surface area contributed by atoms with E-state index in [1.165, 1.54) is 29.2 Å². The summed E-state index contributed by atoms with van der Waals surface area (Å²) in [5, 5.41) is 8.38. The number of rotatable bonds is 6. The lowest BCUT2D eigenvalue weighted by Gasteiger charge is -2.27. The second kappa shape index (κ2) is 9.48. The predicted molar refractivity (Wildman–Crippen MR) is 130 cm³/mol. The van der Waals surface area contributed by atoms with Crippen molar-refractivity contribution in [3.8, 4) is 11.1 Å². The number of ether oxygens (including phenoxy) is 2. The summed E-state index contributed by atoms with van der Waals surface area (Å²) in [6.45, 7) is 2.85. The molecule has 0 saturated carbocycles. The van der Waals surface area contributed by atoms with Crippen LogP contribution in [0.15, 0.2) is 72.9 Å². The Balaban J connectivity index is 1.44. The van der Waals surface area contributed by atoms with Gasteiger partial charge in [0.25, 0.3) is 0 Å². The standard InChI is InChI=1S/C27H27N3O3/c1-32-27(31)19-7-5-18(6-8-19)16-30-25-10-9-20(15-23(25)26-17-33-14-13-29-26)21-3-2-4-24-22(21)11-12-28-24/h2-12,15,26,28-30H,13-14,16-17H2,1H3. The number of benzene rings is 3. The number of fused-ring (bicyclic) bond motifs is 1. The number of anilines is 1. The zero-order valence-corrected chi connectivity index (χ0v) is 18.6. The van der Waals surface area contributed by atoms with Gasteiger partial charge in [0.1, 0.15) is 0 Å². The Morgan fingerprint density at radius 1 is 1.12 bits per heavy atom. The minimum atomic E-state index is -0.326. The van der Waals surface area contributed by atoms with Crippen molar-refractivity contribution in [2.24, 2.45) is 0 Å². The van der Waals surface area contributed by atoms with E-state index in [0.717, 1.165) is 29.9 Å². The molecule has 1 saturated heterocycles. The van der Waals surface area contributed by atoms with Gasteiger partial charge in [0.05, 0.1) is 31.9 Å². The number of aromatic nitrogens is 1. The maximum absolute atomic E-state index is 11.7. The molecule has 1 atom stereocenters. The SMILES string of the molecule is COC(=O)c1ccc(CNc2ccc(-c3cccc4[nH]ccc34)cc2C2COCCN2)cc1. The molecule has 3 N–H and O–H groups in total. The smallest absolute Gasteiger partial charge is 0.337 e. The monoisotopic (exact) mass is 441 g/mol. The van der Waals surface area contributed by atoms with Crippen molar-refractivity contribution < 1.29 is 14.3 Å². The molecule has 1 aliphatic rings. The third-order valence-electron chi connectivity index (χ3n) is 6.11. The first-order valence-corrected chi connectivity index (χ1v) is 11.2. The Labute approximate surface area is 192 Å². The molecular formula is C27H27N3O3. The van der Waals surface area contributed by atoms with Crippen LogP contribution >= 0.6 is 0 Å². The molecule has 0 bridgehead atoms. The normalized spacial score (nSPS) is 16.0. The van der Waals surface area contributed by atoms with E-state index in [9.17, 15) is 4.79 Å². The van der Waals surface area contributed by atoms with Gasteiger partial charge in [-0.25, -0.2) is 4.79 Å². The number of esters is 1. The lowest BCUT2D eigenvalue weighted by atomic mass is 9.95. The van der Waals surface area contributed by atoms with Crippen molar-refractivity contribution in [3.63, 3.8) is 0 Å². The highest BCUT2D eigenvalue weighted by molar-refractivity contribution is 5.95. The van der Waals surface area contributed by atoms with E-state index in [-0.39, 0.29) is 12.0 Å². The van der Waals surface area contributed by atoms with E-state index in [4.69, 9.17) is 9.47 Å². The summed E-state index contributed by atoms with van der Waals surface area (Å²) in [4.78, 5) is 15.0. The molecule has 2 heterocycles. The zero-order chi connectivity index (χ0) is 22.6. The van der Waals surface area contributed by atoms with Gasteiger partial charge in [-0.05, 0) is 58.7 Å². The first-order chi connectivity index (χ1) is 16.2. The van der Waals surface area contributed by atoms with Gasteiger partial charge in [-0.3, -0.25) is 0 Å². The Hall–Kier alpha value is -3.61. The Bertz CT molecular complexity index is 1260. The van der Waals surface area contributed by atoms with E-state index < -0.39 is 0 Å². The lowest BCUT2D eigenvalue weighted by Crippen LogP contribution is -2.35. The molecule has 5 rings (SSSR count). The fourth-order valence-electron chi connectivity index (χ4n) is 4.36. The molecule has 0 spiro atoms. The van der Waals surface area contributed by atoms with Gasteiger partial charge < -0.3 is 25.1 Å². The maximum atomic E-state index is 11.7. The number of H-pyrrole nitrogens is 1. The maximum Gasteiger partial charge on any atom is 0.337 e. The predicted octanol–water partition coefficient (Wildman–Crippen LogP) is 4.89. The summed E-state index contributed by atoms with van der Waals surface area (Å²) < 4.78 is 10.5. The third kappa shape index (κ3) is 4.49. The van der Waals surface area contributed by atoms with Crippen LogP contribution in [0.5, 0.6) is 0 Å². The van der Waals surface area contributed by atoms with E-state index >= 15 is 0 Å². The number of morpholine rings is 1. The lowest BCUT2D eigenvalue weighted by molar-refractivity contribution is 0.0600. The van der Waals surface area contributed by atoms with Gasteiger partial charge in [-0.2, -0.15) is 0 Å². The molecule has 1 aliphatic heterocycles. The average molecular weight is 442 g/mol. The quantitative estimate of drug-likeness (QED) is 0.371. The number of carbonyl (C=O) groups is 1. The Morgan fingerprint density at radius 2 is 2.00 bits per heavy atom. The van der Waals surface area contributed by atoms with Crippen molar-refractivity contribution >= 4 is 22.6 Å². The fraction of sp³-hybridized carbons (Fsp3) is 0.222. The highest BCUT2D eigenvalue weighted by Gasteiger charge is 2.20. The molecule has 1 fully saturated rings. The molecule has 4 aromatic rings. The molecule has 1 unspecified atom stereocenters. The third-order valence-corrected chi connectivity index (χ3v) is 6.11. The summed E-state index contributed by atoms with van der Waals surface area (Å²) in [6.07, 6.45) is 1.98. The Kier molecular flexibility index (Phi) is 6.11. The number of hydrogen-bond acceptors (Lipinski definition) is 5. The van der Waals surface area contributed by atoms with Crippen LogP contribution in [0.25, 0.3) is 22.0 Å². The molecular weight excluding hydrogens is 414 g/mol. The number of nitrogens with one attached hydrogen (secondary N) is 3. The molecule has 6 heteroatoms. The van der Waals surface area contributed by atoms with E-state index in [1.54, 1.807) is 12.1 Å². The molecule has 0 radical (unpaired) electrons. The van der Waals surface area contributed by atoms with Crippen LogP contribution in [-0.2, 0) is 16.0 Å². The van der Waals surface area contributed by atoms with Gasteiger partial charge in [0.2, 0.25) is 0 Å². The van der Waals surface area contributed by atoms with Crippen molar-refractivity contribution in [1.82, 2.24) is 10.3 Å². The highest BCUT2D eigenvalue weighted by Crippen LogP contribution is 2.34. The van der Waals surface area contributed by atoms with Crippen molar-refractivity contribution in [2.75, 3.05) is 32.2 Å². The summed E-state index contributed by atoms with van der Waals surface area (Å²) in [5.74, 6) is -0.326. The zero-order valence-electron chi connectivity index (χ0n) is 18.6.